The van der Waals surface area contributed by atoms with Crippen LogP contribution in [0.2, 0.25) is 0 Å². The van der Waals surface area contributed by atoms with Crippen molar-refractivity contribution in [2.24, 2.45) is 4.90 Å². The van der Waals surface area contributed by atoms with E-state index in [0.717, 1.165) is 11.0 Å². The summed E-state index contributed by atoms with van der Waals surface area (Å²) in [5, 5.41) is 10.6. The Morgan fingerprint density at radius 2 is 1.81 bits per heavy atom. The molecule has 0 bridgehead atoms. The Morgan fingerprint density at radius 1 is 1.14 bits per heavy atom. The number of non-ortho nitro benzene ring substituents is 1. The second-order valence-electron chi connectivity index (χ2n) is 4.76. The largest absolute Gasteiger partial charge is 0.496 e. The highest BCUT2D eigenvalue weighted by Crippen LogP contribution is 2.14. The minimum atomic E-state index is -0.431. The molecule has 1 aliphatic rings. The van der Waals surface area contributed by atoms with E-state index in [9.17, 15) is 10.1 Å². The summed E-state index contributed by atoms with van der Waals surface area (Å²) >= 11 is 0. The molecule has 1 heterocycles. The van der Waals surface area contributed by atoms with Crippen LogP contribution in [0.15, 0.2) is 53.4 Å². The third-order valence-corrected chi connectivity index (χ3v) is 3.23. The fraction of sp³-hybridized carbons (Fsp3) is 0.0714. The van der Waals surface area contributed by atoms with Crippen LogP contribution in [0, 0.1) is 17.0 Å². The van der Waals surface area contributed by atoms with Crippen LogP contribution >= 0.6 is 0 Å². The Bertz CT molecular complexity index is 698. The summed E-state index contributed by atoms with van der Waals surface area (Å²) in [6.07, 6.45) is 0. The Kier molecular flexibility index (Phi) is 3.41. The molecule has 0 aliphatic carbocycles. The fourth-order valence-electron chi connectivity index (χ4n) is 2.03. The van der Waals surface area contributed by atoms with Crippen molar-refractivity contribution in [1.82, 2.24) is 5.48 Å². The third kappa shape index (κ3) is 2.77. The first kappa shape index (κ1) is 13.3. The molecule has 1 aliphatic heterocycles. The van der Waals surface area contributed by atoms with Crippen LogP contribution in [-0.4, -0.2) is 17.8 Å². The third-order valence-electron chi connectivity index (χ3n) is 3.23. The van der Waals surface area contributed by atoms with E-state index >= 15 is 0 Å². The molecule has 0 saturated carbocycles. The maximum absolute atomic E-state index is 10.6. The van der Waals surface area contributed by atoms with Gasteiger partial charge in [-0.25, -0.2) is 0 Å². The van der Waals surface area contributed by atoms with Crippen LogP contribution < -0.4 is 10.9 Å². The van der Waals surface area contributed by atoms with Crippen molar-refractivity contribution in [2.45, 2.75) is 6.92 Å². The van der Waals surface area contributed by atoms with Crippen molar-refractivity contribution in [3.05, 3.63) is 69.8 Å². The second-order valence-corrected chi connectivity index (χ2v) is 4.76. The molecule has 0 fully saturated rings. The summed E-state index contributed by atoms with van der Waals surface area (Å²) in [6.45, 7) is 2.02. The smallest absolute Gasteiger partial charge is 0.300 e. The first-order chi connectivity index (χ1) is 10.1. The molecule has 1 N–H and O–H groups in total. The highest BCUT2D eigenvalue weighted by atomic mass is 16.6. The highest BCUT2D eigenvalue weighted by Gasteiger charge is 2.27. The van der Waals surface area contributed by atoms with Crippen molar-refractivity contribution < 1.29 is 9.68 Å². The number of amidine groups is 1. The molecule has 7 heteroatoms. The zero-order valence-electron chi connectivity index (χ0n) is 11.3. The molecule has 0 saturated heterocycles. The number of hydroxylamine groups is 1. The molecular weight excluding hydrogens is 269 g/mol. The van der Waals surface area contributed by atoms with Gasteiger partial charge in [-0.05, 0) is 24.5 Å². The summed E-state index contributed by atoms with van der Waals surface area (Å²) in [5.74, 6) is 0.565. The number of hydrogen-bond donors (Lipinski definition) is 1. The quantitative estimate of drug-likeness (QED) is 0.526. The van der Waals surface area contributed by atoms with Gasteiger partial charge in [0.15, 0.2) is 0 Å². The van der Waals surface area contributed by atoms with Gasteiger partial charge in [0.25, 0.3) is 5.69 Å². The molecule has 2 aromatic carbocycles. The standard InChI is InChI=1S/C14H12BN3O3/c1-10-2-6-12(7-3-10)15-16-14(17-21-15)11-4-8-13(9-5-11)18(19)20/h2-9H,1H3,(H,16,17). The number of nitro groups is 1. The van der Waals surface area contributed by atoms with Gasteiger partial charge >= 0.3 is 7.05 Å². The lowest BCUT2D eigenvalue weighted by molar-refractivity contribution is -0.384. The van der Waals surface area contributed by atoms with Gasteiger partial charge < -0.3 is 0 Å². The van der Waals surface area contributed by atoms with E-state index in [2.05, 4.69) is 10.4 Å². The predicted molar refractivity (Wildman–Crippen MR) is 80.4 cm³/mol. The van der Waals surface area contributed by atoms with E-state index in [4.69, 9.17) is 4.76 Å². The molecule has 6 nitrogen and oxygen atoms in total. The number of aryl methyl sites for hydroxylation is 1. The van der Waals surface area contributed by atoms with Crippen LogP contribution in [-0.2, 0) is 4.76 Å². The Labute approximate surface area is 121 Å². The van der Waals surface area contributed by atoms with Crippen LogP contribution in [0.5, 0.6) is 0 Å². The first-order valence-corrected chi connectivity index (χ1v) is 6.44. The molecule has 0 aromatic heterocycles. The molecule has 0 spiro atoms. The Morgan fingerprint density at radius 3 is 2.43 bits per heavy atom. The minimum absolute atomic E-state index is 0.0494. The summed E-state index contributed by atoms with van der Waals surface area (Å²) in [4.78, 5) is 14.6. The van der Waals surface area contributed by atoms with E-state index in [1.165, 1.54) is 17.7 Å². The molecule has 104 valence electrons. The number of rotatable bonds is 3. The average Bonchev–Trinajstić information content (AvgIpc) is 2.98. The predicted octanol–water partition coefficient (Wildman–Crippen LogP) is 1.58. The van der Waals surface area contributed by atoms with Crippen molar-refractivity contribution in [1.29, 1.82) is 0 Å². The maximum atomic E-state index is 10.6. The summed E-state index contributed by atoms with van der Waals surface area (Å²) in [6, 6.07) is 14.1. The number of hydrogen-bond acceptors (Lipinski definition) is 5. The van der Waals surface area contributed by atoms with Gasteiger partial charge in [-0.15, -0.1) is 0 Å². The molecule has 0 unspecified atom stereocenters. The summed E-state index contributed by atoms with van der Waals surface area (Å²) in [7, 11) is -0.407. The molecule has 2 aromatic rings. The van der Waals surface area contributed by atoms with E-state index in [1.807, 2.05) is 31.2 Å². The molecular formula is C14H12BN3O3. The van der Waals surface area contributed by atoms with Gasteiger partial charge in [0.2, 0.25) is 0 Å². The highest BCUT2D eigenvalue weighted by molar-refractivity contribution is 6.68. The molecule has 0 atom stereocenters. The van der Waals surface area contributed by atoms with Crippen molar-refractivity contribution >= 4 is 24.0 Å². The fourth-order valence-corrected chi connectivity index (χ4v) is 2.03. The van der Waals surface area contributed by atoms with Gasteiger partial charge in [0.1, 0.15) is 5.84 Å². The lowest BCUT2D eigenvalue weighted by atomic mass is 9.75. The van der Waals surface area contributed by atoms with Crippen molar-refractivity contribution in [3.8, 4) is 0 Å². The molecule has 21 heavy (non-hydrogen) atoms. The van der Waals surface area contributed by atoms with Crippen LogP contribution in [0.25, 0.3) is 0 Å². The SMILES string of the molecule is Cc1ccc(B2N=C(c3ccc([N+](=O)[O-])cc3)NO2)cc1. The van der Waals surface area contributed by atoms with Crippen LogP contribution in [0.3, 0.4) is 0 Å². The van der Waals surface area contributed by atoms with E-state index < -0.39 is 12.0 Å². The number of nitrogens with one attached hydrogen (secondary N) is 1. The summed E-state index contributed by atoms with van der Waals surface area (Å²) in [5.41, 5.74) is 5.68. The van der Waals surface area contributed by atoms with Crippen LogP contribution in [0.1, 0.15) is 11.1 Å². The maximum Gasteiger partial charge on any atom is 0.496 e. The van der Waals surface area contributed by atoms with Gasteiger partial charge in [0.05, 0.1) is 4.92 Å². The lowest BCUT2D eigenvalue weighted by Gasteiger charge is -2.02. The monoisotopic (exact) mass is 281 g/mol. The Balaban J connectivity index is 1.82. The number of benzene rings is 2. The van der Waals surface area contributed by atoms with E-state index in [-0.39, 0.29) is 5.69 Å². The zero-order valence-corrected chi connectivity index (χ0v) is 11.3. The van der Waals surface area contributed by atoms with E-state index in [0.29, 0.717) is 5.84 Å². The number of nitrogens with zero attached hydrogens (tertiary/aromatic N) is 2. The minimum Gasteiger partial charge on any atom is -0.300 e. The molecule has 0 radical (unpaired) electrons. The van der Waals surface area contributed by atoms with Gasteiger partial charge in [-0.3, -0.25) is 25.3 Å². The molecule has 3 rings (SSSR count). The topological polar surface area (TPSA) is 76.8 Å². The van der Waals surface area contributed by atoms with Crippen LogP contribution in [0.4, 0.5) is 5.69 Å². The van der Waals surface area contributed by atoms with Crippen molar-refractivity contribution in [2.75, 3.05) is 0 Å². The lowest BCUT2D eigenvalue weighted by Crippen LogP contribution is -2.31. The second kappa shape index (κ2) is 5.38. The van der Waals surface area contributed by atoms with Crippen molar-refractivity contribution in [3.63, 3.8) is 0 Å². The molecule has 0 amide bonds. The van der Waals surface area contributed by atoms with Gasteiger partial charge in [-0.2, -0.15) is 0 Å². The van der Waals surface area contributed by atoms with Gasteiger partial charge in [0, 0.05) is 17.7 Å². The van der Waals surface area contributed by atoms with Gasteiger partial charge in [-0.1, -0.05) is 29.8 Å². The Hall–Kier alpha value is -2.67. The first-order valence-electron chi connectivity index (χ1n) is 6.44. The summed E-state index contributed by atoms with van der Waals surface area (Å²) < 4.78 is 5.44. The average molecular weight is 281 g/mol. The number of nitro benzene ring substituents is 1. The zero-order chi connectivity index (χ0) is 14.8. The normalized spacial score (nSPS) is 13.8. The van der Waals surface area contributed by atoms with E-state index in [1.54, 1.807) is 12.1 Å².